The summed E-state index contributed by atoms with van der Waals surface area (Å²) in [6.45, 7) is -0.376. The molecule has 0 bridgehead atoms. The lowest BCUT2D eigenvalue weighted by Gasteiger charge is -2.39. The van der Waals surface area contributed by atoms with Crippen LogP contribution in [-0.2, 0) is 4.79 Å². The summed E-state index contributed by atoms with van der Waals surface area (Å²) in [4.78, 5) is 10.4. The van der Waals surface area contributed by atoms with Crippen LogP contribution in [0.25, 0.3) is 0 Å². The Morgan fingerprint density at radius 1 is 1.60 bits per heavy atom. The molecule has 1 saturated carbocycles. The summed E-state index contributed by atoms with van der Waals surface area (Å²) < 4.78 is 0. The first-order valence-electron chi connectivity index (χ1n) is 3.13. The first-order valence-corrected chi connectivity index (χ1v) is 3.13. The summed E-state index contributed by atoms with van der Waals surface area (Å²) >= 11 is 0. The zero-order valence-electron chi connectivity index (χ0n) is 5.45. The molecule has 0 heterocycles. The van der Waals surface area contributed by atoms with E-state index in [4.69, 9.17) is 15.3 Å². The van der Waals surface area contributed by atoms with Crippen LogP contribution in [0.3, 0.4) is 0 Å². The third-order valence-electron chi connectivity index (χ3n) is 2.01. The maximum absolute atomic E-state index is 10.4. The second kappa shape index (κ2) is 2.21. The summed E-state index contributed by atoms with van der Waals surface area (Å²) in [7, 11) is 0. The number of hydrogen-bond acceptors (Lipinski definition) is 3. The van der Waals surface area contributed by atoms with Crippen molar-refractivity contribution >= 4 is 5.97 Å². The highest BCUT2D eigenvalue weighted by molar-refractivity contribution is 5.76. The van der Waals surface area contributed by atoms with E-state index in [2.05, 4.69) is 0 Å². The van der Waals surface area contributed by atoms with Gasteiger partial charge in [0.2, 0.25) is 0 Å². The number of carboxylic acids is 1. The number of aliphatic hydroxyl groups is 2. The van der Waals surface area contributed by atoms with Crippen LogP contribution in [0.1, 0.15) is 12.8 Å². The third-order valence-corrected chi connectivity index (χ3v) is 2.01. The van der Waals surface area contributed by atoms with Crippen molar-refractivity contribution in [2.45, 2.75) is 18.9 Å². The van der Waals surface area contributed by atoms with Crippen molar-refractivity contribution in [3.63, 3.8) is 0 Å². The zero-order valence-corrected chi connectivity index (χ0v) is 5.45. The first-order chi connectivity index (χ1) is 4.60. The predicted molar refractivity (Wildman–Crippen MR) is 32.4 cm³/mol. The Kier molecular flexibility index (Phi) is 1.66. The highest BCUT2D eigenvalue weighted by Gasteiger charge is 2.49. The molecule has 0 amide bonds. The maximum atomic E-state index is 10.4. The summed E-state index contributed by atoms with van der Waals surface area (Å²) in [6, 6.07) is 0. The molecule has 1 rings (SSSR count). The fourth-order valence-electron chi connectivity index (χ4n) is 1.21. The van der Waals surface area contributed by atoms with Gasteiger partial charge in [0, 0.05) is 0 Å². The zero-order chi connectivity index (χ0) is 7.78. The van der Waals surface area contributed by atoms with E-state index in [0.717, 1.165) is 0 Å². The van der Waals surface area contributed by atoms with Gasteiger partial charge in [-0.05, 0) is 12.8 Å². The predicted octanol–water partition coefficient (Wildman–Crippen LogP) is -0.796. The maximum Gasteiger partial charge on any atom is 0.312 e. The minimum atomic E-state index is -1.04. The molecule has 0 aromatic heterocycles. The van der Waals surface area contributed by atoms with Crippen LogP contribution in [0, 0.1) is 5.41 Å². The van der Waals surface area contributed by atoms with Gasteiger partial charge >= 0.3 is 5.97 Å². The largest absolute Gasteiger partial charge is 0.481 e. The topological polar surface area (TPSA) is 77.8 Å². The van der Waals surface area contributed by atoms with E-state index in [1.165, 1.54) is 0 Å². The van der Waals surface area contributed by atoms with Gasteiger partial charge in [-0.2, -0.15) is 0 Å². The molecule has 1 fully saturated rings. The average molecular weight is 146 g/mol. The number of hydrogen-bond donors (Lipinski definition) is 3. The third kappa shape index (κ3) is 0.892. The Bertz CT molecular complexity index is 148. The molecule has 3 N–H and O–H groups in total. The van der Waals surface area contributed by atoms with Gasteiger partial charge in [-0.15, -0.1) is 0 Å². The van der Waals surface area contributed by atoms with Crippen LogP contribution >= 0.6 is 0 Å². The molecule has 0 aromatic rings. The van der Waals surface area contributed by atoms with E-state index in [1.807, 2.05) is 0 Å². The summed E-state index contributed by atoms with van der Waals surface area (Å²) in [5, 5.41) is 26.0. The van der Waals surface area contributed by atoms with Crippen molar-refractivity contribution < 1.29 is 20.1 Å². The van der Waals surface area contributed by atoms with Gasteiger partial charge in [0.15, 0.2) is 0 Å². The number of rotatable bonds is 2. The lowest BCUT2D eigenvalue weighted by molar-refractivity contribution is -0.168. The van der Waals surface area contributed by atoms with Gasteiger partial charge in [-0.25, -0.2) is 0 Å². The minimum Gasteiger partial charge on any atom is -0.481 e. The van der Waals surface area contributed by atoms with Crippen LogP contribution in [0.5, 0.6) is 0 Å². The lowest BCUT2D eigenvalue weighted by Crippen LogP contribution is -2.49. The van der Waals surface area contributed by atoms with Gasteiger partial charge in [-0.1, -0.05) is 0 Å². The van der Waals surface area contributed by atoms with E-state index < -0.39 is 17.5 Å². The molecule has 0 atom stereocenters. The average Bonchev–Trinajstić information content (AvgIpc) is 1.79. The Morgan fingerprint density at radius 2 is 2.10 bits per heavy atom. The van der Waals surface area contributed by atoms with Crippen LogP contribution in [0.15, 0.2) is 0 Å². The Balaban J connectivity index is 2.56. The quantitative estimate of drug-likeness (QED) is 0.477. The van der Waals surface area contributed by atoms with E-state index in [9.17, 15) is 4.79 Å². The molecule has 4 nitrogen and oxygen atoms in total. The van der Waals surface area contributed by atoms with Crippen LogP contribution < -0.4 is 0 Å². The Morgan fingerprint density at radius 3 is 2.20 bits per heavy atom. The number of carbonyl (C=O) groups is 1. The highest BCUT2D eigenvalue weighted by Crippen LogP contribution is 2.40. The fourth-order valence-corrected chi connectivity index (χ4v) is 1.21. The van der Waals surface area contributed by atoms with Crippen LogP contribution in [0.4, 0.5) is 0 Å². The highest BCUT2D eigenvalue weighted by atomic mass is 16.4. The number of carboxylic acid groups (broad SMARTS) is 1. The fraction of sp³-hybridized carbons (Fsp3) is 0.833. The second-order valence-electron chi connectivity index (χ2n) is 2.81. The van der Waals surface area contributed by atoms with Crippen molar-refractivity contribution in [3.8, 4) is 0 Å². The van der Waals surface area contributed by atoms with E-state index in [1.54, 1.807) is 0 Å². The summed E-state index contributed by atoms with van der Waals surface area (Å²) in [5.74, 6) is -1.01. The molecule has 0 radical (unpaired) electrons. The van der Waals surface area contributed by atoms with Crippen molar-refractivity contribution in [2.75, 3.05) is 6.61 Å². The van der Waals surface area contributed by atoms with Crippen molar-refractivity contribution in [3.05, 3.63) is 0 Å². The Hall–Kier alpha value is -0.610. The molecule has 1 aliphatic rings. The van der Waals surface area contributed by atoms with E-state index >= 15 is 0 Å². The SMILES string of the molecule is O=C(O)C1(CO)CC(O)C1. The molecular weight excluding hydrogens is 136 g/mol. The molecule has 58 valence electrons. The lowest BCUT2D eigenvalue weighted by atomic mass is 9.67. The molecule has 4 heteroatoms. The Labute approximate surface area is 58.1 Å². The van der Waals surface area contributed by atoms with Crippen LogP contribution in [0.2, 0.25) is 0 Å². The van der Waals surface area contributed by atoms with Gasteiger partial charge in [0.25, 0.3) is 0 Å². The van der Waals surface area contributed by atoms with Crippen molar-refractivity contribution in [2.24, 2.45) is 5.41 Å². The van der Waals surface area contributed by atoms with Gasteiger partial charge < -0.3 is 15.3 Å². The van der Waals surface area contributed by atoms with E-state index in [-0.39, 0.29) is 19.4 Å². The van der Waals surface area contributed by atoms with Gasteiger partial charge in [0.1, 0.15) is 0 Å². The summed E-state index contributed by atoms with van der Waals surface area (Å²) in [6.07, 6.45) is -0.180. The number of aliphatic hydroxyl groups excluding tert-OH is 2. The van der Waals surface area contributed by atoms with Gasteiger partial charge in [0.05, 0.1) is 18.1 Å². The molecule has 0 saturated heterocycles. The monoisotopic (exact) mass is 146 g/mol. The number of aliphatic carboxylic acids is 1. The smallest absolute Gasteiger partial charge is 0.312 e. The molecule has 10 heavy (non-hydrogen) atoms. The first kappa shape index (κ1) is 7.50. The second-order valence-corrected chi connectivity index (χ2v) is 2.81. The summed E-state index contributed by atoms with van der Waals surface area (Å²) in [5.41, 5.74) is -1.04. The molecule has 0 aromatic carbocycles. The molecule has 1 aliphatic carbocycles. The van der Waals surface area contributed by atoms with E-state index in [0.29, 0.717) is 0 Å². The normalized spacial score (nSPS) is 38.8. The molecular formula is C6H10O4. The molecule has 0 aliphatic heterocycles. The standard InChI is InChI=1S/C6H10O4/c7-3-6(5(9)10)1-4(8)2-6/h4,7-8H,1-3H2,(H,9,10). The van der Waals surface area contributed by atoms with Crippen molar-refractivity contribution in [1.29, 1.82) is 0 Å². The molecule has 0 spiro atoms. The molecule has 0 unspecified atom stereocenters. The minimum absolute atomic E-state index is 0.179. The van der Waals surface area contributed by atoms with Crippen molar-refractivity contribution in [1.82, 2.24) is 0 Å². The van der Waals surface area contributed by atoms with Gasteiger partial charge in [-0.3, -0.25) is 4.79 Å². The van der Waals surface area contributed by atoms with Crippen LogP contribution in [-0.4, -0.2) is 34.0 Å².